The van der Waals surface area contributed by atoms with Crippen LogP contribution in [0.3, 0.4) is 0 Å². The van der Waals surface area contributed by atoms with Crippen molar-refractivity contribution in [1.82, 2.24) is 15.1 Å². The van der Waals surface area contributed by atoms with Crippen LogP contribution in [0.5, 0.6) is 5.75 Å². The lowest BCUT2D eigenvalue weighted by Crippen LogP contribution is -2.33. The molecule has 0 saturated heterocycles. The lowest BCUT2D eigenvalue weighted by molar-refractivity contribution is 0.102. The summed E-state index contributed by atoms with van der Waals surface area (Å²) in [5, 5.41) is 21.2. The largest absolute Gasteiger partial charge is 0.507 e. The Labute approximate surface area is 190 Å². The number of nitrogens with one attached hydrogen (secondary N) is 2. The molecule has 3 N–H and O–H groups in total. The first-order chi connectivity index (χ1) is 15.5. The van der Waals surface area contributed by atoms with Crippen molar-refractivity contribution < 1.29 is 14.7 Å². The molecule has 1 aromatic heterocycles. The third-order valence-corrected chi connectivity index (χ3v) is 6.34. The Balaban J connectivity index is 1.45. The van der Waals surface area contributed by atoms with E-state index in [-0.39, 0.29) is 29.6 Å². The predicted octanol–water partition coefficient (Wildman–Crippen LogP) is 5.15. The fourth-order valence-electron chi connectivity index (χ4n) is 3.81. The number of anilines is 1. The zero-order chi connectivity index (χ0) is 22.2. The van der Waals surface area contributed by atoms with Crippen LogP contribution in [0, 0.1) is 0 Å². The Morgan fingerprint density at radius 3 is 2.53 bits per heavy atom. The number of carbonyl (C=O) groups excluding carboxylic acids is 2. The zero-order valence-electron chi connectivity index (χ0n) is 17.3. The Morgan fingerprint density at radius 2 is 1.84 bits per heavy atom. The summed E-state index contributed by atoms with van der Waals surface area (Å²) in [5.74, 6) is -0.0451. The smallest absolute Gasteiger partial charge is 0.342 e. The molecule has 2 saturated carbocycles. The normalized spacial score (nSPS) is 15.8. The molecule has 164 valence electrons. The number of amides is 2. The van der Waals surface area contributed by atoms with Crippen LogP contribution in [-0.2, 0) is 0 Å². The van der Waals surface area contributed by atoms with Crippen LogP contribution in [0.4, 0.5) is 10.5 Å². The molecule has 7 nitrogen and oxygen atoms in total. The molecule has 3 aromatic rings. The van der Waals surface area contributed by atoms with Gasteiger partial charge in [-0.2, -0.15) is 9.78 Å². The second-order valence-electron chi connectivity index (χ2n) is 8.38. The third-order valence-electron chi connectivity index (χ3n) is 6.01. The van der Waals surface area contributed by atoms with E-state index in [4.69, 9.17) is 11.6 Å². The molecular weight excluding hydrogens is 428 g/mol. The van der Waals surface area contributed by atoms with Gasteiger partial charge in [0.1, 0.15) is 5.75 Å². The quantitative estimate of drug-likeness (QED) is 0.468. The van der Waals surface area contributed by atoms with Gasteiger partial charge in [-0.25, -0.2) is 4.79 Å². The van der Waals surface area contributed by atoms with Gasteiger partial charge in [0.05, 0.1) is 22.0 Å². The number of aromatic hydroxyl groups is 1. The van der Waals surface area contributed by atoms with Gasteiger partial charge in [-0.05, 0) is 62.1 Å². The van der Waals surface area contributed by atoms with Crippen molar-refractivity contribution in [3.05, 3.63) is 64.8 Å². The molecule has 8 heteroatoms. The summed E-state index contributed by atoms with van der Waals surface area (Å²) in [6.45, 7) is 0. The number of hydrogen-bond donors (Lipinski definition) is 3. The van der Waals surface area contributed by atoms with Crippen LogP contribution in [0.1, 0.15) is 54.1 Å². The molecule has 2 aliphatic carbocycles. The monoisotopic (exact) mass is 450 g/mol. The average molecular weight is 451 g/mol. The van der Waals surface area contributed by atoms with Crippen molar-refractivity contribution in [3.8, 4) is 17.0 Å². The van der Waals surface area contributed by atoms with Gasteiger partial charge >= 0.3 is 6.03 Å². The molecule has 0 unspecified atom stereocenters. The van der Waals surface area contributed by atoms with Crippen molar-refractivity contribution >= 4 is 29.2 Å². The van der Waals surface area contributed by atoms with E-state index in [9.17, 15) is 14.7 Å². The Hall–Kier alpha value is -3.32. The molecule has 0 bridgehead atoms. The van der Waals surface area contributed by atoms with E-state index in [1.165, 1.54) is 10.7 Å². The maximum absolute atomic E-state index is 12.7. The second kappa shape index (κ2) is 8.31. The van der Waals surface area contributed by atoms with Gasteiger partial charge in [-0.15, -0.1) is 0 Å². The van der Waals surface area contributed by atoms with E-state index in [1.807, 2.05) is 6.07 Å². The lowest BCUT2D eigenvalue weighted by atomic mass is 9.82. The van der Waals surface area contributed by atoms with Crippen LogP contribution in [-0.4, -0.2) is 32.9 Å². The van der Waals surface area contributed by atoms with Crippen LogP contribution in [0.2, 0.25) is 5.02 Å². The van der Waals surface area contributed by atoms with Crippen molar-refractivity contribution in [2.75, 3.05) is 5.32 Å². The summed E-state index contributed by atoms with van der Waals surface area (Å²) in [6, 6.07) is 13.4. The number of phenolic OH excluding ortho intramolecular Hbond substituents is 1. The predicted molar refractivity (Wildman–Crippen MR) is 122 cm³/mol. The summed E-state index contributed by atoms with van der Waals surface area (Å²) in [5.41, 5.74) is 2.64. The van der Waals surface area contributed by atoms with E-state index in [1.54, 1.807) is 36.4 Å². The summed E-state index contributed by atoms with van der Waals surface area (Å²) >= 11 is 6.13. The number of phenols is 1. The minimum atomic E-state index is -0.350. The van der Waals surface area contributed by atoms with Crippen molar-refractivity contribution in [1.29, 1.82) is 0 Å². The molecule has 2 aliphatic rings. The first-order valence-electron chi connectivity index (χ1n) is 10.8. The highest BCUT2D eigenvalue weighted by molar-refractivity contribution is 6.34. The number of nitrogens with zero attached hydrogens (tertiary/aromatic N) is 2. The van der Waals surface area contributed by atoms with Crippen LogP contribution >= 0.6 is 11.6 Å². The average Bonchev–Trinajstić information content (AvgIpc) is 3.44. The van der Waals surface area contributed by atoms with E-state index in [2.05, 4.69) is 15.7 Å². The first kappa shape index (κ1) is 20.6. The molecule has 0 spiro atoms. The summed E-state index contributed by atoms with van der Waals surface area (Å²) in [6.07, 6.45) is 5.15. The summed E-state index contributed by atoms with van der Waals surface area (Å²) in [4.78, 5) is 25.4. The van der Waals surface area contributed by atoms with Gasteiger partial charge in [-0.1, -0.05) is 30.2 Å². The fraction of sp³-hybridized carbons (Fsp3) is 0.292. The Kier molecular flexibility index (Phi) is 5.35. The van der Waals surface area contributed by atoms with E-state index in [0.29, 0.717) is 27.5 Å². The minimum absolute atomic E-state index is 0.0214. The molecule has 5 rings (SSSR count). The first-order valence-corrected chi connectivity index (χ1v) is 11.2. The van der Waals surface area contributed by atoms with Gasteiger partial charge in [-0.3, -0.25) is 4.79 Å². The van der Waals surface area contributed by atoms with Crippen LogP contribution in [0.15, 0.2) is 48.5 Å². The maximum atomic E-state index is 12.7. The highest BCUT2D eigenvalue weighted by Gasteiger charge is 2.30. The minimum Gasteiger partial charge on any atom is -0.507 e. The number of carbonyl (C=O) groups is 2. The van der Waals surface area contributed by atoms with Gasteiger partial charge in [0, 0.05) is 23.2 Å². The second-order valence-corrected chi connectivity index (χ2v) is 8.79. The molecular formula is C24H23ClN4O3. The number of rotatable bonds is 5. The van der Waals surface area contributed by atoms with Gasteiger partial charge in [0.15, 0.2) is 0 Å². The van der Waals surface area contributed by atoms with Crippen LogP contribution in [0.25, 0.3) is 11.3 Å². The standard InChI is InChI=1S/C24H23ClN4O3/c25-19-7-2-1-6-17(19)23(31)26-16-10-11-22(30)18(12-16)20-13-21(14-4-3-5-14)29(28-20)24(32)27-15-8-9-15/h1-2,6-7,10-15,30H,3-5,8-9H2,(H,26,31)(H,27,32). The van der Waals surface area contributed by atoms with Crippen molar-refractivity contribution in [2.45, 2.75) is 44.1 Å². The van der Waals surface area contributed by atoms with Crippen LogP contribution < -0.4 is 10.6 Å². The Bertz CT molecular complexity index is 1200. The van der Waals surface area contributed by atoms with Crippen molar-refractivity contribution in [3.63, 3.8) is 0 Å². The molecule has 32 heavy (non-hydrogen) atoms. The highest BCUT2D eigenvalue weighted by atomic mass is 35.5. The number of hydrogen-bond acceptors (Lipinski definition) is 4. The van der Waals surface area contributed by atoms with Gasteiger partial charge in [0.25, 0.3) is 5.91 Å². The molecule has 2 fully saturated rings. The van der Waals surface area contributed by atoms with Gasteiger partial charge < -0.3 is 15.7 Å². The lowest BCUT2D eigenvalue weighted by Gasteiger charge is -2.25. The zero-order valence-corrected chi connectivity index (χ0v) is 18.1. The van der Waals surface area contributed by atoms with Crippen molar-refractivity contribution in [2.24, 2.45) is 0 Å². The van der Waals surface area contributed by atoms with Gasteiger partial charge in [0.2, 0.25) is 0 Å². The topological polar surface area (TPSA) is 96.2 Å². The molecule has 0 aliphatic heterocycles. The summed E-state index contributed by atoms with van der Waals surface area (Å²) in [7, 11) is 0. The molecule has 2 aromatic carbocycles. The molecule has 0 atom stereocenters. The van der Waals surface area contributed by atoms with E-state index < -0.39 is 0 Å². The number of aromatic nitrogens is 2. The third kappa shape index (κ3) is 4.08. The highest BCUT2D eigenvalue weighted by Crippen LogP contribution is 2.39. The number of halogens is 1. The fourth-order valence-corrected chi connectivity index (χ4v) is 4.03. The maximum Gasteiger partial charge on any atom is 0.342 e. The summed E-state index contributed by atoms with van der Waals surface area (Å²) < 4.78 is 1.44. The molecule has 2 amide bonds. The van der Waals surface area contributed by atoms with E-state index >= 15 is 0 Å². The molecule has 1 heterocycles. The van der Waals surface area contributed by atoms with E-state index in [0.717, 1.165) is 37.8 Å². The number of benzene rings is 2. The SMILES string of the molecule is O=C(Nc1ccc(O)c(-c2cc(C3CCC3)n(C(=O)NC3CC3)n2)c1)c1ccccc1Cl. The Morgan fingerprint density at radius 1 is 1.06 bits per heavy atom. The molecule has 0 radical (unpaired) electrons.